The summed E-state index contributed by atoms with van der Waals surface area (Å²) in [6.07, 6.45) is 6.79. The first-order valence-corrected chi connectivity index (χ1v) is 9.69. The van der Waals surface area contributed by atoms with Gasteiger partial charge in [-0.25, -0.2) is 4.98 Å². The van der Waals surface area contributed by atoms with Crippen LogP contribution in [0.1, 0.15) is 44.6 Å². The molecule has 2 aliphatic rings. The smallest absolute Gasteiger partial charge is 0.237 e. The highest BCUT2D eigenvalue weighted by Gasteiger charge is 2.57. The van der Waals surface area contributed by atoms with Crippen LogP contribution in [0.2, 0.25) is 0 Å². The molecular weight excluding hydrogens is 342 g/mol. The van der Waals surface area contributed by atoms with E-state index in [1.165, 1.54) is 6.33 Å². The van der Waals surface area contributed by atoms with E-state index in [-0.39, 0.29) is 17.9 Å². The summed E-state index contributed by atoms with van der Waals surface area (Å²) < 4.78 is 1.74. The number of aryl methyl sites for hydroxylation is 1. The lowest BCUT2D eigenvalue weighted by molar-refractivity contribution is -0.133. The summed E-state index contributed by atoms with van der Waals surface area (Å²) in [5, 5.41) is 7.12. The van der Waals surface area contributed by atoms with E-state index in [4.69, 9.17) is 0 Å². The van der Waals surface area contributed by atoms with Crippen LogP contribution in [0.25, 0.3) is 0 Å². The van der Waals surface area contributed by atoms with E-state index in [0.717, 1.165) is 24.1 Å². The summed E-state index contributed by atoms with van der Waals surface area (Å²) in [4.78, 5) is 31.9. The number of nitrogens with one attached hydrogen (secondary N) is 1. The standard InChI is InChI=1S/C20H25N5O2/c1-2-6-17-20(15-7-3-4-8-16(15)23-19(20)27)10-12-25(17)18(26)9-5-11-24-14-21-13-22-24/h3-4,7-8,13-14,17H,2,5-6,9-12H2,1H3,(H,23,27)/t17-,20+/m0/s1. The van der Waals surface area contributed by atoms with Crippen molar-refractivity contribution in [3.8, 4) is 0 Å². The molecular formula is C20H25N5O2. The number of aromatic nitrogens is 3. The minimum atomic E-state index is -0.603. The Labute approximate surface area is 158 Å². The number of anilines is 1. The Morgan fingerprint density at radius 1 is 1.37 bits per heavy atom. The average molecular weight is 367 g/mol. The van der Waals surface area contributed by atoms with Gasteiger partial charge in [-0.1, -0.05) is 31.5 Å². The quantitative estimate of drug-likeness (QED) is 0.850. The van der Waals surface area contributed by atoms with E-state index >= 15 is 0 Å². The maximum atomic E-state index is 13.0. The topological polar surface area (TPSA) is 80.1 Å². The van der Waals surface area contributed by atoms with Gasteiger partial charge in [-0.05, 0) is 30.9 Å². The number of hydrogen-bond acceptors (Lipinski definition) is 4. The van der Waals surface area contributed by atoms with Gasteiger partial charge in [-0.3, -0.25) is 14.3 Å². The minimum absolute atomic E-state index is 0.0417. The van der Waals surface area contributed by atoms with E-state index in [1.54, 1.807) is 11.0 Å². The predicted octanol–water partition coefficient (Wildman–Crippen LogP) is 2.35. The number of fused-ring (bicyclic) bond motifs is 2. The fourth-order valence-electron chi connectivity index (χ4n) is 4.66. The van der Waals surface area contributed by atoms with Crippen molar-refractivity contribution in [2.75, 3.05) is 11.9 Å². The molecule has 3 heterocycles. The highest BCUT2D eigenvalue weighted by atomic mass is 16.2. The second kappa shape index (κ2) is 7.13. The van der Waals surface area contributed by atoms with Crippen molar-refractivity contribution in [2.24, 2.45) is 0 Å². The van der Waals surface area contributed by atoms with Crippen molar-refractivity contribution in [1.29, 1.82) is 0 Å². The molecule has 0 bridgehead atoms. The van der Waals surface area contributed by atoms with Gasteiger partial charge >= 0.3 is 0 Å². The molecule has 2 aromatic rings. The van der Waals surface area contributed by atoms with Crippen LogP contribution in [0, 0.1) is 0 Å². The molecule has 1 N–H and O–H groups in total. The van der Waals surface area contributed by atoms with Crippen molar-refractivity contribution in [1.82, 2.24) is 19.7 Å². The van der Waals surface area contributed by atoms with E-state index in [1.807, 2.05) is 29.2 Å². The van der Waals surface area contributed by atoms with Gasteiger partial charge in [-0.15, -0.1) is 0 Å². The third kappa shape index (κ3) is 2.91. The van der Waals surface area contributed by atoms with Crippen molar-refractivity contribution in [3.63, 3.8) is 0 Å². The molecule has 1 saturated heterocycles. The zero-order chi connectivity index (χ0) is 18.9. The Bertz CT molecular complexity index is 835. The normalized spacial score (nSPS) is 23.7. The average Bonchev–Trinajstić information content (AvgIpc) is 3.37. The van der Waals surface area contributed by atoms with Crippen LogP contribution in [0.5, 0.6) is 0 Å². The first kappa shape index (κ1) is 17.7. The number of benzene rings is 1. The van der Waals surface area contributed by atoms with Crippen LogP contribution >= 0.6 is 0 Å². The Balaban J connectivity index is 1.53. The Morgan fingerprint density at radius 3 is 3.00 bits per heavy atom. The molecule has 1 aromatic carbocycles. The van der Waals surface area contributed by atoms with Crippen molar-refractivity contribution >= 4 is 17.5 Å². The molecule has 2 atom stereocenters. The second-order valence-electron chi connectivity index (χ2n) is 7.37. The molecule has 1 fully saturated rings. The Kier molecular flexibility index (Phi) is 4.68. The molecule has 7 nitrogen and oxygen atoms in total. The van der Waals surface area contributed by atoms with Crippen LogP contribution in [0.3, 0.4) is 0 Å². The highest BCUT2D eigenvalue weighted by molar-refractivity contribution is 6.07. The predicted molar refractivity (Wildman–Crippen MR) is 101 cm³/mol. The Morgan fingerprint density at radius 2 is 2.22 bits per heavy atom. The van der Waals surface area contributed by atoms with Crippen LogP contribution in [-0.2, 0) is 21.5 Å². The molecule has 142 valence electrons. The molecule has 0 saturated carbocycles. The van der Waals surface area contributed by atoms with E-state index in [9.17, 15) is 9.59 Å². The first-order chi connectivity index (χ1) is 13.2. The molecule has 7 heteroatoms. The number of carbonyl (C=O) groups excluding carboxylic acids is 2. The Hall–Kier alpha value is -2.70. The fourth-order valence-corrected chi connectivity index (χ4v) is 4.66. The monoisotopic (exact) mass is 367 g/mol. The number of amides is 2. The summed E-state index contributed by atoms with van der Waals surface area (Å²) in [5.74, 6) is 0.169. The lowest BCUT2D eigenvalue weighted by Gasteiger charge is -2.34. The van der Waals surface area contributed by atoms with Crippen LogP contribution in [0.15, 0.2) is 36.9 Å². The van der Waals surface area contributed by atoms with Crippen LogP contribution in [0.4, 0.5) is 5.69 Å². The molecule has 2 aliphatic heterocycles. The number of carbonyl (C=O) groups is 2. The van der Waals surface area contributed by atoms with Crippen molar-refractivity contribution in [2.45, 2.75) is 57.0 Å². The lowest BCUT2D eigenvalue weighted by atomic mass is 9.73. The molecule has 0 aliphatic carbocycles. The van der Waals surface area contributed by atoms with Gasteiger partial charge in [0, 0.05) is 25.2 Å². The molecule has 4 rings (SSSR count). The number of hydrogen-bond donors (Lipinski definition) is 1. The minimum Gasteiger partial charge on any atom is -0.338 e. The van der Waals surface area contributed by atoms with Crippen molar-refractivity contribution < 1.29 is 9.59 Å². The molecule has 1 aromatic heterocycles. The molecule has 27 heavy (non-hydrogen) atoms. The summed E-state index contributed by atoms with van der Waals surface area (Å²) in [6, 6.07) is 7.83. The van der Waals surface area contributed by atoms with Gasteiger partial charge in [0.2, 0.25) is 11.8 Å². The molecule has 0 radical (unpaired) electrons. The lowest BCUT2D eigenvalue weighted by Crippen LogP contribution is -2.48. The third-order valence-corrected chi connectivity index (χ3v) is 5.88. The number of para-hydroxylation sites is 1. The SMILES string of the molecule is CCC[C@@H]1N(C(=O)CCCn2cncn2)CC[C@]12C(=O)Nc1ccccc12. The maximum Gasteiger partial charge on any atom is 0.237 e. The second-order valence-corrected chi connectivity index (χ2v) is 7.37. The molecule has 1 spiro atoms. The van der Waals surface area contributed by atoms with Gasteiger partial charge < -0.3 is 10.2 Å². The largest absolute Gasteiger partial charge is 0.338 e. The first-order valence-electron chi connectivity index (χ1n) is 9.69. The summed E-state index contributed by atoms with van der Waals surface area (Å²) in [5.41, 5.74) is 1.34. The zero-order valence-electron chi connectivity index (χ0n) is 15.6. The molecule has 2 amide bonds. The van der Waals surface area contributed by atoms with Gasteiger partial charge in [0.25, 0.3) is 0 Å². The van der Waals surface area contributed by atoms with E-state index in [0.29, 0.717) is 32.4 Å². The molecule has 0 unspecified atom stereocenters. The number of likely N-dealkylation sites (tertiary alicyclic amines) is 1. The van der Waals surface area contributed by atoms with Gasteiger partial charge in [-0.2, -0.15) is 5.10 Å². The van der Waals surface area contributed by atoms with E-state index in [2.05, 4.69) is 22.3 Å². The van der Waals surface area contributed by atoms with Crippen LogP contribution in [-0.4, -0.2) is 44.1 Å². The number of nitrogens with zero attached hydrogens (tertiary/aromatic N) is 4. The van der Waals surface area contributed by atoms with Gasteiger partial charge in [0.15, 0.2) is 0 Å². The maximum absolute atomic E-state index is 13.0. The van der Waals surface area contributed by atoms with Gasteiger partial charge in [0.05, 0.1) is 11.5 Å². The summed E-state index contributed by atoms with van der Waals surface area (Å²) in [6.45, 7) is 3.42. The zero-order valence-corrected chi connectivity index (χ0v) is 15.6. The summed E-state index contributed by atoms with van der Waals surface area (Å²) in [7, 11) is 0. The van der Waals surface area contributed by atoms with Crippen LogP contribution < -0.4 is 5.32 Å². The number of rotatable bonds is 6. The van der Waals surface area contributed by atoms with E-state index < -0.39 is 5.41 Å². The van der Waals surface area contributed by atoms with Crippen molar-refractivity contribution in [3.05, 3.63) is 42.5 Å². The van der Waals surface area contributed by atoms with Gasteiger partial charge in [0.1, 0.15) is 12.7 Å². The third-order valence-electron chi connectivity index (χ3n) is 5.88. The summed E-state index contributed by atoms with van der Waals surface area (Å²) >= 11 is 0. The fraction of sp³-hybridized carbons (Fsp3) is 0.500. The highest BCUT2D eigenvalue weighted by Crippen LogP contribution is 2.49.